The maximum Gasteiger partial charge on any atom is 0.0726 e. The second-order valence-electron chi connectivity index (χ2n) is 4.90. The largest absolute Gasteiger partial charge is 0.391 e. The fourth-order valence-electron chi connectivity index (χ4n) is 2.54. The monoisotopic (exact) mass is 199 g/mol. The molecule has 1 fully saturated rings. The lowest BCUT2D eigenvalue weighted by molar-refractivity contribution is -0.0205. The van der Waals surface area contributed by atoms with Crippen molar-refractivity contribution in [2.24, 2.45) is 5.92 Å². The molecule has 0 bridgehead atoms. The Bertz CT molecular complexity index is 171. The molecule has 0 aliphatic heterocycles. The van der Waals surface area contributed by atoms with Crippen LogP contribution in [0.15, 0.2) is 0 Å². The van der Waals surface area contributed by atoms with Gasteiger partial charge in [-0.25, -0.2) is 0 Å². The molecule has 1 rings (SSSR count). The summed E-state index contributed by atoms with van der Waals surface area (Å²) < 4.78 is 0. The smallest absolute Gasteiger partial charge is 0.0726 e. The van der Waals surface area contributed by atoms with Crippen LogP contribution in [0.2, 0.25) is 0 Å². The molecule has 0 amide bonds. The average Bonchev–Trinajstić information content (AvgIpc) is 2.90. The van der Waals surface area contributed by atoms with E-state index in [-0.39, 0.29) is 11.6 Å². The Morgan fingerprint density at radius 2 is 1.79 bits per heavy atom. The summed E-state index contributed by atoms with van der Waals surface area (Å²) in [6.45, 7) is 4.36. The highest BCUT2D eigenvalue weighted by Gasteiger charge is 2.39. The second-order valence-corrected chi connectivity index (χ2v) is 4.90. The number of rotatable bonds is 6. The molecule has 14 heavy (non-hydrogen) atoms. The SMILES string of the molecule is CCC(CC)(C(O)CC1CC1)N(C)C. The van der Waals surface area contributed by atoms with Crippen molar-refractivity contribution in [2.75, 3.05) is 14.1 Å². The van der Waals surface area contributed by atoms with E-state index in [1.54, 1.807) is 0 Å². The van der Waals surface area contributed by atoms with Crippen LogP contribution in [0.1, 0.15) is 46.0 Å². The number of aliphatic hydroxyl groups excluding tert-OH is 1. The molecule has 1 atom stereocenters. The summed E-state index contributed by atoms with van der Waals surface area (Å²) in [7, 11) is 4.17. The van der Waals surface area contributed by atoms with E-state index in [4.69, 9.17) is 0 Å². The van der Waals surface area contributed by atoms with Gasteiger partial charge >= 0.3 is 0 Å². The second kappa shape index (κ2) is 4.63. The summed E-state index contributed by atoms with van der Waals surface area (Å²) in [6, 6.07) is 0. The molecule has 1 aliphatic rings. The Hall–Kier alpha value is -0.0800. The third-order valence-electron chi connectivity index (χ3n) is 3.99. The first-order valence-electron chi connectivity index (χ1n) is 5.92. The highest BCUT2D eigenvalue weighted by molar-refractivity contribution is 4.95. The van der Waals surface area contributed by atoms with Crippen LogP contribution < -0.4 is 0 Å². The highest BCUT2D eigenvalue weighted by Crippen LogP contribution is 2.38. The van der Waals surface area contributed by atoms with Crippen molar-refractivity contribution in [3.63, 3.8) is 0 Å². The summed E-state index contributed by atoms with van der Waals surface area (Å²) in [5.74, 6) is 0.808. The third-order valence-corrected chi connectivity index (χ3v) is 3.99. The molecule has 1 aliphatic carbocycles. The quantitative estimate of drug-likeness (QED) is 0.709. The summed E-state index contributed by atoms with van der Waals surface area (Å²) in [5.41, 5.74) is 0.00257. The maximum atomic E-state index is 10.3. The Balaban J connectivity index is 2.62. The number of hydrogen-bond acceptors (Lipinski definition) is 2. The molecule has 0 saturated heterocycles. The van der Waals surface area contributed by atoms with Gasteiger partial charge in [-0.3, -0.25) is 0 Å². The van der Waals surface area contributed by atoms with Gasteiger partial charge < -0.3 is 10.0 Å². The molecular formula is C12H25NO. The van der Waals surface area contributed by atoms with Gasteiger partial charge in [-0.15, -0.1) is 0 Å². The Kier molecular flexibility index (Phi) is 3.96. The van der Waals surface area contributed by atoms with E-state index in [0.717, 1.165) is 25.2 Å². The van der Waals surface area contributed by atoms with Crippen LogP contribution in [-0.4, -0.2) is 35.7 Å². The number of nitrogens with zero attached hydrogens (tertiary/aromatic N) is 1. The summed E-state index contributed by atoms with van der Waals surface area (Å²) in [6.07, 6.45) is 5.57. The minimum Gasteiger partial charge on any atom is -0.391 e. The van der Waals surface area contributed by atoms with Gasteiger partial charge in [0.15, 0.2) is 0 Å². The Morgan fingerprint density at radius 1 is 1.29 bits per heavy atom. The topological polar surface area (TPSA) is 23.5 Å². The van der Waals surface area contributed by atoms with Crippen LogP contribution in [0.4, 0.5) is 0 Å². The molecule has 0 aromatic rings. The number of likely N-dealkylation sites (N-methyl/N-ethyl adjacent to an activating group) is 1. The lowest BCUT2D eigenvalue weighted by Gasteiger charge is -2.42. The molecule has 0 radical (unpaired) electrons. The van der Waals surface area contributed by atoms with Gasteiger partial charge in [-0.1, -0.05) is 26.7 Å². The molecular weight excluding hydrogens is 174 g/mol. The first kappa shape index (κ1) is 12.0. The molecule has 0 aromatic carbocycles. The van der Waals surface area contributed by atoms with Crippen molar-refractivity contribution in [1.82, 2.24) is 4.90 Å². The zero-order chi connectivity index (χ0) is 10.8. The molecule has 1 saturated carbocycles. The van der Waals surface area contributed by atoms with Crippen LogP contribution in [0, 0.1) is 5.92 Å². The van der Waals surface area contributed by atoms with Gasteiger partial charge in [0.1, 0.15) is 0 Å². The van der Waals surface area contributed by atoms with E-state index >= 15 is 0 Å². The molecule has 0 spiro atoms. The molecule has 84 valence electrons. The van der Waals surface area contributed by atoms with Crippen LogP contribution >= 0.6 is 0 Å². The zero-order valence-corrected chi connectivity index (χ0v) is 10.1. The van der Waals surface area contributed by atoms with Gasteiger partial charge in [-0.2, -0.15) is 0 Å². The van der Waals surface area contributed by atoms with Crippen LogP contribution in [0.25, 0.3) is 0 Å². The van der Waals surface area contributed by atoms with Crippen molar-refractivity contribution in [3.8, 4) is 0 Å². The van der Waals surface area contributed by atoms with E-state index in [0.29, 0.717) is 0 Å². The van der Waals surface area contributed by atoms with E-state index in [2.05, 4.69) is 32.8 Å². The predicted molar refractivity (Wildman–Crippen MR) is 60.3 cm³/mol. The molecule has 2 nitrogen and oxygen atoms in total. The van der Waals surface area contributed by atoms with Gasteiger partial charge in [0.2, 0.25) is 0 Å². The fourth-order valence-corrected chi connectivity index (χ4v) is 2.54. The minimum atomic E-state index is -0.153. The predicted octanol–water partition coefficient (Wildman–Crippen LogP) is 2.27. The van der Waals surface area contributed by atoms with Crippen LogP contribution in [0.5, 0.6) is 0 Å². The van der Waals surface area contributed by atoms with Crippen molar-refractivity contribution in [1.29, 1.82) is 0 Å². The molecule has 2 heteroatoms. The average molecular weight is 199 g/mol. The Labute approximate surface area is 88.3 Å². The summed E-state index contributed by atoms with van der Waals surface area (Å²) in [4.78, 5) is 2.21. The van der Waals surface area contributed by atoms with Gasteiger partial charge in [-0.05, 0) is 39.3 Å². The maximum absolute atomic E-state index is 10.3. The lowest BCUT2D eigenvalue weighted by Crippen LogP contribution is -2.53. The summed E-state index contributed by atoms with van der Waals surface area (Å²) >= 11 is 0. The summed E-state index contributed by atoms with van der Waals surface area (Å²) in [5, 5.41) is 10.3. The van der Waals surface area contributed by atoms with E-state index in [1.165, 1.54) is 12.8 Å². The zero-order valence-electron chi connectivity index (χ0n) is 10.1. The Morgan fingerprint density at radius 3 is 2.07 bits per heavy atom. The van der Waals surface area contributed by atoms with E-state index < -0.39 is 0 Å². The molecule has 1 unspecified atom stereocenters. The lowest BCUT2D eigenvalue weighted by atomic mass is 9.82. The first-order chi connectivity index (χ1) is 6.56. The standard InChI is InChI=1S/C12H25NO/c1-5-12(6-2,13(3)4)11(14)9-10-7-8-10/h10-11,14H,5-9H2,1-4H3. The first-order valence-corrected chi connectivity index (χ1v) is 5.92. The van der Waals surface area contributed by atoms with Crippen molar-refractivity contribution in [3.05, 3.63) is 0 Å². The molecule has 0 aromatic heterocycles. The highest BCUT2D eigenvalue weighted by atomic mass is 16.3. The third kappa shape index (κ3) is 2.29. The molecule has 1 N–H and O–H groups in total. The fraction of sp³-hybridized carbons (Fsp3) is 1.00. The van der Waals surface area contributed by atoms with Crippen LogP contribution in [0.3, 0.4) is 0 Å². The molecule has 0 heterocycles. The van der Waals surface area contributed by atoms with Gasteiger partial charge in [0, 0.05) is 5.54 Å². The van der Waals surface area contributed by atoms with Crippen molar-refractivity contribution in [2.45, 2.75) is 57.6 Å². The van der Waals surface area contributed by atoms with E-state index in [9.17, 15) is 5.11 Å². The van der Waals surface area contributed by atoms with Crippen molar-refractivity contribution < 1.29 is 5.11 Å². The van der Waals surface area contributed by atoms with E-state index in [1.807, 2.05) is 0 Å². The van der Waals surface area contributed by atoms with Gasteiger partial charge in [0.05, 0.1) is 6.10 Å². The van der Waals surface area contributed by atoms with Gasteiger partial charge in [0.25, 0.3) is 0 Å². The minimum absolute atomic E-state index is 0.00257. The van der Waals surface area contributed by atoms with Crippen molar-refractivity contribution >= 4 is 0 Å². The number of hydrogen-bond donors (Lipinski definition) is 1. The normalized spacial score (nSPS) is 20.1. The number of aliphatic hydroxyl groups is 1. The van der Waals surface area contributed by atoms with Crippen LogP contribution in [-0.2, 0) is 0 Å².